The van der Waals surface area contributed by atoms with Crippen molar-refractivity contribution in [1.29, 1.82) is 0 Å². The van der Waals surface area contributed by atoms with Crippen LogP contribution in [0.5, 0.6) is 0 Å². The van der Waals surface area contributed by atoms with Crippen molar-refractivity contribution < 1.29 is 0 Å². The zero-order valence-corrected chi connectivity index (χ0v) is 33.8. The molecule has 4 nitrogen and oxygen atoms in total. The van der Waals surface area contributed by atoms with Crippen LogP contribution in [0.2, 0.25) is 0 Å². The smallest absolute Gasteiger partial charge is 0.0541 e. The number of allylic oxidation sites excluding steroid dienone is 5. The topological polar surface area (TPSA) is 18.0 Å². The Morgan fingerprint density at radius 1 is 0.483 bits per heavy atom. The lowest BCUT2D eigenvalue weighted by molar-refractivity contribution is 1.10. The summed E-state index contributed by atoms with van der Waals surface area (Å²) in [5, 5.41) is 6.17. The molecule has 0 aliphatic rings. The van der Waals surface area contributed by atoms with Gasteiger partial charge in [-0.15, -0.1) is 0 Å². The lowest BCUT2D eigenvalue weighted by Crippen LogP contribution is -2.15. The van der Waals surface area contributed by atoms with E-state index in [4.69, 9.17) is 0 Å². The Morgan fingerprint density at radius 3 is 1.37 bits per heavy atom. The van der Waals surface area contributed by atoms with Crippen molar-refractivity contribution in [3.05, 3.63) is 224 Å². The second-order valence-electron chi connectivity index (χ2n) is 15.1. The van der Waals surface area contributed by atoms with Crippen LogP contribution in [0.25, 0.3) is 83.7 Å². The summed E-state index contributed by atoms with van der Waals surface area (Å²) >= 11 is 0. The maximum atomic E-state index is 4.37. The highest BCUT2D eigenvalue weighted by Gasteiger charge is 2.18. The van der Waals surface area contributed by atoms with Gasteiger partial charge in [-0.1, -0.05) is 116 Å². The zero-order valence-electron chi connectivity index (χ0n) is 33.8. The summed E-state index contributed by atoms with van der Waals surface area (Å²) in [7, 11) is 0. The van der Waals surface area contributed by atoms with Gasteiger partial charge in [-0.25, -0.2) is 0 Å². The third-order valence-electron chi connectivity index (χ3n) is 11.7. The van der Waals surface area contributed by atoms with E-state index >= 15 is 0 Å². The van der Waals surface area contributed by atoms with Gasteiger partial charge in [0.25, 0.3) is 0 Å². The molecule has 0 radical (unpaired) electrons. The van der Waals surface area contributed by atoms with Gasteiger partial charge in [-0.3, -0.25) is 0 Å². The minimum Gasteiger partial charge on any atom is -0.313 e. The van der Waals surface area contributed by atoms with E-state index in [-0.39, 0.29) is 0 Å². The summed E-state index contributed by atoms with van der Waals surface area (Å²) in [6, 6.07) is 60.8. The van der Waals surface area contributed by atoms with Gasteiger partial charge < -0.3 is 18.6 Å². The van der Waals surface area contributed by atoms with E-state index in [1.54, 1.807) is 0 Å². The van der Waals surface area contributed by atoms with E-state index < -0.39 is 0 Å². The number of hydrogen-bond acceptors (Lipinski definition) is 1. The van der Waals surface area contributed by atoms with E-state index in [2.05, 4.69) is 240 Å². The fourth-order valence-electron chi connectivity index (χ4n) is 9.07. The van der Waals surface area contributed by atoms with Crippen molar-refractivity contribution in [1.82, 2.24) is 13.7 Å². The Balaban J connectivity index is 1.11. The molecule has 0 N–H and O–H groups in total. The number of anilines is 2. The molecule has 10 aromatic rings. The highest BCUT2D eigenvalue weighted by atomic mass is 15.1. The fraction of sp³-hybridized carbons (Fsp3) is 0.0357. The molecule has 4 heteroatoms. The van der Waals surface area contributed by atoms with E-state index in [1.165, 1.54) is 54.6 Å². The van der Waals surface area contributed by atoms with E-state index in [9.17, 15) is 0 Å². The molecule has 3 aromatic heterocycles. The highest BCUT2D eigenvalue weighted by Crippen LogP contribution is 2.38. The Bertz CT molecular complexity index is 3250. The average molecular weight is 773 g/mol. The average Bonchev–Trinajstić information content (AvgIpc) is 3.94. The lowest BCUT2D eigenvalue weighted by Gasteiger charge is -2.27. The number of para-hydroxylation sites is 5. The first kappa shape index (κ1) is 36.5. The molecule has 0 unspecified atom stereocenters. The Kier molecular flexibility index (Phi) is 9.23. The van der Waals surface area contributed by atoms with Gasteiger partial charge in [0.05, 0.1) is 33.3 Å². The third kappa shape index (κ3) is 5.92. The molecule has 0 bridgehead atoms. The third-order valence-corrected chi connectivity index (χ3v) is 11.7. The van der Waals surface area contributed by atoms with E-state index in [1.807, 2.05) is 12.2 Å². The molecule has 288 valence electrons. The monoisotopic (exact) mass is 772 g/mol. The van der Waals surface area contributed by atoms with Crippen LogP contribution < -0.4 is 4.90 Å². The molecule has 3 heterocycles. The molecule has 0 aliphatic heterocycles. The summed E-state index contributed by atoms with van der Waals surface area (Å²) in [5.41, 5.74) is 14.4. The van der Waals surface area contributed by atoms with Gasteiger partial charge in [0.15, 0.2) is 0 Å². The SMILES string of the molecule is C=C/C(=C\C=C(/C)n1c2ccccc2c2ccccc21)N(c1ccc(-n2c(C=C)c(/C=C\C)c3ccccc32)cc1)c1ccc(-n2c3ccccc3c3ccccc32)cc1. The molecule has 60 heavy (non-hydrogen) atoms. The van der Waals surface area contributed by atoms with Gasteiger partial charge in [-0.2, -0.15) is 0 Å². The molecular weight excluding hydrogens is 729 g/mol. The molecule has 7 aromatic carbocycles. The van der Waals surface area contributed by atoms with E-state index in [0.717, 1.165) is 45.4 Å². The summed E-state index contributed by atoms with van der Waals surface area (Å²) in [6.45, 7) is 12.8. The van der Waals surface area contributed by atoms with Crippen LogP contribution in [-0.2, 0) is 0 Å². The first-order chi connectivity index (χ1) is 29.6. The second kappa shape index (κ2) is 15.2. The molecule has 0 fully saturated rings. The van der Waals surface area contributed by atoms with Crippen molar-refractivity contribution in [2.75, 3.05) is 4.90 Å². The minimum absolute atomic E-state index is 0.945. The van der Waals surface area contributed by atoms with Crippen molar-refractivity contribution in [3.8, 4) is 11.4 Å². The summed E-state index contributed by atoms with van der Waals surface area (Å²) < 4.78 is 7.01. The summed E-state index contributed by atoms with van der Waals surface area (Å²) in [4.78, 5) is 2.29. The normalized spacial score (nSPS) is 12.4. The molecular formula is C56H44N4. The Morgan fingerprint density at radius 2 is 0.900 bits per heavy atom. The number of aromatic nitrogens is 3. The largest absolute Gasteiger partial charge is 0.313 e. The van der Waals surface area contributed by atoms with Crippen molar-refractivity contribution >= 4 is 83.7 Å². The minimum atomic E-state index is 0.945. The van der Waals surface area contributed by atoms with Gasteiger partial charge in [0, 0.05) is 66.6 Å². The molecule has 10 rings (SSSR count). The number of hydrogen-bond donors (Lipinski definition) is 0. The predicted molar refractivity (Wildman–Crippen MR) is 259 cm³/mol. The quantitative estimate of drug-likeness (QED) is 0.127. The molecule has 0 amide bonds. The molecule has 0 saturated heterocycles. The molecule has 0 saturated carbocycles. The van der Waals surface area contributed by atoms with Crippen LogP contribution in [-0.4, -0.2) is 13.7 Å². The molecule has 0 spiro atoms. The van der Waals surface area contributed by atoms with Gasteiger partial charge >= 0.3 is 0 Å². The predicted octanol–water partition coefficient (Wildman–Crippen LogP) is 15.3. The molecule has 0 aliphatic carbocycles. The number of benzene rings is 7. The number of fused-ring (bicyclic) bond motifs is 7. The van der Waals surface area contributed by atoms with Gasteiger partial charge in [-0.05, 0) is 117 Å². The first-order valence-electron chi connectivity index (χ1n) is 20.5. The zero-order chi connectivity index (χ0) is 40.7. The van der Waals surface area contributed by atoms with E-state index in [0.29, 0.717) is 0 Å². The van der Waals surface area contributed by atoms with Crippen LogP contribution >= 0.6 is 0 Å². The number of rotatable bonds is 10. The van der Waals surface area contributed by atoms with Crippen LogP contribution in [0.4, 0.5) is 11.4 Å². The van der Waals surface area contributed by atoms with Crippen molar-refractivity contribution in [2.24, 2.45) is 0 Å². The first-order valence-corrected chi connectivity index (χ1v) is 20.5. The fourth-order valence-corrected chi connectivity index (χ4v) is 9.07. The molecule has 0 atom stereocenters. The van der Waals surface area contributed by atoms with Crippen LogP contribution in [0, 0.1) is 0 Å². The second-order valence-corrected chi connectivity index (χ2v) is 15.1. The standard InChI is InChI=1S/C56H44N4/c1-5-18-45-46-19-10-15-26-54(46)59(51(45)7-3)43-35-31-41(32-36-43)58(40(6-2)30-29-39(4)57-52-24-13-8-20-47(52)48-21-9-14-25-53(48)57)42-33-37-44(38-34-42)60-55-27-16-11-22-49(55)50-23-12-17-28-56(50)60/h5-38H,2-3H2,1,4H3/b18-5-,39-29+,40-30+. The lowest BCUT2D eigenvalue weighted by atomic mass is 10.1. The van der Waals surface area contributed by atoms with Crippen LogP contribution in [0.3, 0.4) is 0 Å². The van der Waals surface area contributed by atoms with Crippen LogP contribution in [0.1, 0.15) is 25.1 Å². The summed E-state index contributed by atoms with van der Waals surface area (Å²) in [5.74, 6) is 0. The van der Waals surface area contributed by atoms with Gasteiger partial charge in [0.1, 0.15) is 0 Å². The summed E-state index contributed by atoms with van der Waals surface area (Å²) in [6.07, 6.45) is 12.5. The maximum absolute atomic E-state index is 4.37. The maximum Gasteiger partial charge on any atom is 0.0541 e. The highest BCUT2D eigenvalue weighted by molar-refractivity contribution is 6.10. The Hall–Kier alpha value is -7.82. The number of nitrogens with zero attached hydrogens (tertiary/aromatic N) is 4. The Labute approximate surface area is 350 Å². The van der Waals surface area contributed by atoms with Gasteiger partial charge in [0.2, 0.25) is 0 Å². The van der Waals surface area contributed by atoms with Crippen molar-refractivity contribution in [2.45, 2.75) is 13.8 Å². The van der Waals surface area contributed by atoms with Crippen molar-refractivity contribution in [3.63, 3.8) is 0 Å². The van der Waals surface area contributed by atoms with Crippen LogP contribution in [0.15, 0.2) is 213 Å².